The van der Waals surface area contributed by atoms with Crippen LogP contribution in [0.25, 0.3) is 6.08 Å². The standard InChI is InChI=1S/C26H31N3OS/c1-16(2)29-22-12-17(3)19(13-21(22)18(4)15-26(29,5)6)14-23-24(30)28-25(31-23)27-20-10-8-7-9-11-20/h7-14,16,18H,15H2,1-6H3,(H,27,28,30)/b23-14-/t18-/m0/s1. The molecular weight excluding hydrogens is 402 g/mol. The summed E-state index contributed by atoms with van der Waals surface area (Å²) in [7, 11) is 0. The van der Waals surface area contributed by atoms with Crippen molar-refractivity contribution in [2.45, 2.75) is 65.5 Å². The van der Waals surface area contributed by atoms with Gasteiger partial charge in [-0.05, 0) is 106 Å². The summed E-state index contributed by atoms with van der Waals surface area (Å²) in [6.07, 6.45) is 3.12. The Kier molecular flexibility index (Phi) is 5.73. The van der Waals surface area contributed by atoms with Crippen LogP contribution in [-0.2, 0) is 4.79 Å². The van der Waals surface area contributed by atoms with E-state index in [1.807, 2.05) is 36.4 Å². The molecule has 2 aromatic carbocycles. The molecule has 1 atom stereocenters. The van der Waals surface area contributed by atoms with Gasteiger partial charge in [-0.25, -0.2) is 4.99 Å². The molecule has 4 nitrogen and oxygen atoms in total. The number of amidine groups is 1. The van der Waals surface area contributed by atoms with Crippen molar-refractivity contribution >= 4 is 40.3 Å². The monoisotopic (exact) mass is 433 g/mol. The molecule has 1 fully saturated rings. The van der Waals surface area contributed by atoms with E-state index < -0.39 is 0 Å². The molecule has 2 heterocycles. The van der Waals surface area contributed by atoms with Gasteiger partial charge in [0.2, 0.25) is 0 Å². The number of aliphatic imine (C=N–C) groups is 1. The number of thioether (sulfide) groups is 1. The molecule has 0 aromatic heterocycles. The molecule has 2 aliphatic heterocycles. The van der Waals surface area contributed by atoms with Crippen molar-refractivity contribution in [1.29, 1.82) is 0 Å². The Morgan fingerprint density at radius 1 is 1.23 bits per heavy atom. The molecule has 1 amide bonds. The molecule has 0 radical (unpaired) electrons. The van der Waals surface area contributed by atoms with Crippen LogP contribution in [0.1, 0.15) is 63.6 Å². The normalized spacial score (nSPS) is 22.9. The molecule has 0 bridgehead atoms. The lowest BCUT2D eigenvalue weighted by molar-refractivity contribution is -0.115. The van der Waals surface area contributed by atoms with E-state index in [4.69, 9.17) is 0 Å². The smallest absolute Gasteiger partial charge is 0.264 e. The highest BCUT2D eigenvalue weighted by atomic mass is 32.2. The number of aryl methyl sites for hydroxylation is 1. The zero-order valence-electron chi connectivity index (χ0n) is 19.2. The van der Waals surface area contributed by atoms with Crippen LogP contribution in [0, 0.1) is 6.92 Å². The third-order valence-electron chi connectivity index (χ3n) is 6.10. The minimum atomic E-state index is -0.0882. The fourth-order valence-electron chi connectivity index (χ4n) is 4.99. The van der Waals surface area contributed by atoms with Gasteiger partial charge < -0.3 is 10.2 Å². The fraction of sp³-hybridized carbons (Fsp3) is 0.385. The summed E-state index contributed by atoms with van der Waals surface area (Å²) in [5.74, 6) is 0.382. The van der Waals surface area contributed by atoms with Crippen molar-refractivity contribution < 1.29 is 4.79 Å². The molecule has 4 rings (SSSR count). The van der Waals surface area contributed by atoms with E-state index in [0.717, 1.165) is 17.7 Å². The Labute approximate surface area is 189 Å². The van der Waals surface area contributed by atoms with Crippen LogP contribution in [0.15, 0.2) is 52.4 Å². The second-order valence-electron chi connectivity index (χ2n) is 9.47. The topological polar surface area (TPSA) is 44.7 Å². The average molecular weight is 434 g/mol. The van der Waals surface area contributed by atoms with Crippen LogP contribution in [0.4, 0.5) is 11.4 Å². The number of rotatable bonds is 3. The van der Waals surface area contributed by atoms with Gasteiger partial charge in [-0.3, -0.25) is 4.79 Å². The van der Waals surface area contributed by atoms with Gasteiger partial charge in [0, 0.05) is 17.3 Å². The van der Waals surface area contributed by atoms with Crippen molar-refractivity contribution in [1.82, 2.24) is 5.32 Å². The highest BCUT2D eigenvalue weighted by Crippen LogP contribution is 2.45. The van der Waals surface area contributed by atoms with E-state index in [1.165, 1.54) is 28.6 Å². The third-order valence-corrected chi connectivity index (χ3v) is 7.01. The van der Waals surface area contributed by atoms with Crippen molar-refractivity contribution in [3.05, 3.63) is 64.1 Å². The molecule has 2 aromatic rings. The van der Waals surface area contributed by atoms with Crippen molar-refractivity contribution in [3.8, 4) is 0 Å². The van der Waals surface area contributed by atoms with Crippen LogP contribution in [-0.4, -0.2) is 22.7 Å². The first-order valence-electron chi connectivity index (χ1n) is 10.9. The highest BCUT2D eigenvalue weighted by Gasteiger charge is 2.38. The van der Waals surface area contributed by atoms with E-state index in [9.17, 15) is 4.79 Å². The summed E-state index contributed by atoms with van der Waals surface area (Å²) in [6, 6.07) is 14.7. The molecule has 0 saturated carbocycles. The Balaban J connectivity index is 1.69. The van der Waals surface area contributed by atoms with E-state index in [0.29, 0.717) is 22.0 Å². The van der Waals surface area contributed by atoms with Crippen LogP contribution in [0.5, 0.6) is 0 Å². The molecular formula is C26H31N3OS. The largest absolute Gasteiger partial charge is 0.364 e. The second-order valence-corrected chi connectivity index (χ2v) is 10.5. The van der Waals surface area contributed by atoms with Gasteiger partial charge in [0.05, 0.1) is 10.6 Å². The molecule has 1 saturated heterocycles. The van der Waals surface area contributed by atoms with Crippen LogP contribution < -0.4 is 10.2 Å². The summed E-state index contributed by atoms with van der Waals surface area (Å²) in [4.78, 5) is 20.4. The molecule has 162 valence electrons. The molecule has 0 unspecified atom stereocenters. The predicted octanol–water partition coefficient (Wildman–Crippen LogP) is 6.39. The van der Waals surface area contributed by atoms with Gasteiger partial charge in [0.15, 0.2) is 5.17 Å². The maximum Gasteiger partial charge on any atom is 0.264 e. The number of carbonyl (C=O) groups excluding carboxylic acids is 1. The first-order chi connectivity index (χ1) is 14.7. The lowest BCUT2D eigenvalue weighted by Crippen LogP contribution is -2.51. The van der Waals surface area contributed by atoms with Gasteiger partial charge in [0.25, 0.3) is 5.91 Å². The maximum absolute atomic E-state index is 12.6. The summed E-state index contributed by atoms with van der Waals surface area (Å²) < 4.78 is 0. The Hall–Kier alpha value is -2.53. The quantitative estimate of drug-likeness (QED) is 0.571. The van der Waals surface area contributed by atoms with Gasteiger partial charge in [-0.1, -0.05) is 25.1 Å². The fourth-order valence-corrected chi connectivity index (χ4v) is 5.82. The molecule has 0 aliphatic carbocycles. The average Bonchev–Trinajstić information content (AvgIpc) is 3.01. The number of nitrogens with zero attached hydrogens (tertiary/aromatic N) is 2. The lowest BCUT2D eigenvalue weighted by Gasteiger charge is -2.50. The number of anilines is 1. The number of fused-ring (bicyclic) bond motifs is 1. The number of amides is 1. The van der Waals surface area contributed by atoms with Gasteiger partial charge in [-0.2, -0.15) is 0 Å². The number of hydrogen-bond acceptors (Lipinski definition) is 4. The summed E-state index contributed by atoms with van der Waals surface area (Å²) in [5.41, 5.74) is 5.94. The summed E-state index contributed by atoms with van der Waals surface area (Å²) in [5, 5.41) is 3.52. The number of hydrogen-bond donors (Lipinski definition) is 1. The third kappa shape index (κ3) is 4.29. The summed E-state index contributed by atoms with van der Waals surface area (Å²) in [6.45, 7) is 13.6. The van der Waals surface area contributed by atoms with Gasteiger partial charge in [0.1, 0.15) is 0 Å². The van der Waals surface area contributed by atoms with Crippen molar-refractivity contribution in [2.24, 2.45) is 4.99 Å². The maximum atomic E-state index is 12.6. The highest BCUT2D eigenvalue weighted by molar-refractivity contribution is 8.18. The number of para-hydroxylation sites is 1. The van der Waals surface area contributed by atoms with E-state index in [-0.39, 0.29) is 11.4 Å². The van der Waals surface area contributed by atoms with E-state index in [1.54, 1.807) is 0 Å². The molecule has 2 aliphatic rings. The summed E-state index contributed by atoms with van der Waals surface area (Å²) >= 11 is 1.40. The first kappa shape index (κ1) is 21.7. The molecule has 0 spiro atoms. The number of benzene rings is 2. The van der Waals surface area contributed by atoms with E-state index in [2.05, 4.69) is 68.9 Å². The number of nitrogens with one attached hydrogen (secondary N) is 1. The minimum Gasteiger partial charge on any atom is -0.364 e. The van der Waals surface area contributed by atoms with Crippen LogP contribution >= 0.6 is 11.8 Å². The van der Waals surface area contributed by atoms with Gasteiger partial charge >= 0.3 is 0 Å². The van der Waals surface area contributed by atoms with Crippen LogP contribution in [0.2, 0.25) is 0 Å². The number of carbonyl (C=O) groups is 1. The van der Waals surface area contributed by atoms with E-state index >= 15 is 0 Å². The molecule has 31 heavy (non-hydrogen) atoms. The Bertz CT molecular complexity index is 1070. The molecule has 5 heteroatoms. The lowest BCUT2D eigenvalue weighted by atomic mass is 9.78. The van der Waals surface area contributed by atoms with Crippen LogP contribution in [0.3, 0.4) is 0 Å². The molecule has 1 N–H and O–H groups in total. The SMILES string of the molecule is Cc1cc2c(cc1/C=C1\SC(=Nc3ccccc3)NC1=O)[C@@H](C)CC(C)(C)N2C(C)C. The zero-order valence-corrected chi connectivity index (χ0v) is 20.0. The Morgan fingerprint density at radius 2 is 1.94 bits per heavy atom. The predicted molar refractivity (Wildman–Crippen MR) is 133 cm³/mol. The van der Waals surface area contributed by atoms with Crippen molar-refractivity contribution in [2.75, 3.05) is 4.90 Å². The zero-order chi connectivity index (χ0) is 22.3. The Morgan fingerprint density at radius 3 is 2.61 bits per heavy atom. The first-order valence-corrected chi connectivity index (χ1v) is 11.8. The minimum absolute atomic E-state index is 0.0882. The van der Waals surface area contributed by atoms with Gasteiger partial charge in [-0.15, -0.1) is 0 Å². The van der Waals surface area contributed by atoms with Crippen molar-refractivity contribution in [3.63, 3.8) is 0 Å². The second kappa shape index (κ2) is 8.19.